The normalized spacial score (nSPS) is 12.7. The number of nitrogens with zero attached hydrogens (tertiary/aromatic N) is 2. The summed E-state index contributed by atoms with van der Waals surface area (Å²) in [6.07, 6.45) is 0.502. The number of nitro benzene ring substituents is 1. The van der Waals surface area contributed by atoms with Crippen molar-refractivity contribution in [2.45, 2.75) is 44.6 Å². The highest BCUT2D eigenvalue weighted by atomic mass is 32.2. The Bertz CT molecular complexity index is 692. The first-order valence-electron chi connectivity index (χ1n) is 6.37. The summed E-state index contributed by atoms with van der Waals surface area (Å²) in [5, 5.41) is 19.5. The lowest BCUT2D eigenvalue weighted by Crippen LogP contribution is -2.34. The summed E-state index contributed by atoms with van der Waals surface area (Å²) in [7, 11) is -3.91. The Balaban J connectivity index is 3.31. The van der Waals surface area contributed by atoms with Crippen molar-refractivity contribution in [1.82, 2.24) is 4.72 Å². The summed E-state index contributed by atoms with van der Waals surface area (Å²) in [6.45, 7) is 4.98. The predicted octanol–water partition coefficient (Wildman–Crippen LogP) is 2.18. The van der Waals surface area contributed by atoms with Crippen molar-refractivity contribution in [2.24, 2.45) is 0 Å². The fourth-order valence-corrected chi connectivity index (χ4v) is 3.51. The van der Waals surface area contributed by atoms with E-state index in [1.54, 1.807) is 20.8 Å². The van der Waals surface area contributed by atoms with Gasteiger partial charge in [-0.2, -0.15) is 5.26 Å². The van der Waals surface area contributed by atoms with Crippen LogP contribution in [0.15, 0.2) is 17.0 Å². The minimum absolute atomic E-state index is 0.0443. The predicted molar refractivity (Wildman–Crippen MR) is 77.2 cm³/mol. The van der Waals surface area contributed by atoms with Gasteiger partial charge < -0.3 is 0 Å². The van der Waals surface area contributed by atoms with Gasteiger partial charge in [0.2, 0.25) is 10.0 Å². The molecule has 1 unspecified atom stereocenters. The number of rotatable bonds is 6. The van der Waals surface area contributed by atoms with Gasteiger partial charge in [0, 0.05) is 18.2 Å². The van der Waals surface area contributed by atoms with Crippen molar-refractivity contribution in [2.75, 3.05) is 0 Å². The second-order valence-corrected chi connectivity index (χ2v) is 6.41. The maximum atomic E-state index is 12.4. The molecule has 0 radical (unpaired) electrons. The molecule has 0 heterocycles. The number of benzene rings is 1. The van der Waals surface area contributed by atoms with E-state index in [-0.39, 0.29) is 17.0 Å². The van der Waals surface area contributed by atoms with E-state index in [9.17, 15) is 18.5 Å². The van der Waals surface area contributed by atoms with Crippen LogP contribution >= 0.6 is 0 Å². The van der Waals surface area contributed by atoms with Gasteiger partial charge in [-0.05, 0) is 31.4 Å². The average Bonchev–Trinajstić information content (AvgIpc) is 2.40. The highest BCUT2D eigenvalue weighted by molar-refractivity contribution is 7.89. The molecule has 0 saturated carbocycles. The van der Waals surface area contributed by atoms with E-state index in [0.29, 0.717) is 17.5 Å². The van der Waals surface area contributed by atoms with Crippen LogP contribution in [0.4, 0.5) is 5.69 Å². The number of sulfonamides is 1. The lowest BCUT2D eigenvalue weighted by Gasteiger charge is -2.16. The number of non-ortho nitro benzene ring substituents is 1. The standard InChI is InChI=1S/C13H17N3O4S/c1-4-11(5-6-14)15-21(19,20)13-8-12(16(17)18)7-9(2)10(13)3/h7-8,11,15H,4-5H2,1-3H3. The van der Waals surface area contributed by atoms with Crippen molar-refractivity contribution in [3.05, 3.63) is 33.4 Å². The maximum absolute atomic E-state index is 12.4. The molecule has 1 N–H and O–H groups in total. The number of nitriles is 1. The summed E-state index contributed by atoms with van der Waals surface area (Å²) in [6, 6.07) is 3.78. The number of hydrogen-bond acceptors (Lipinski definition) is 5. The molecule has 1 atom stereocenters. The molecule has 0 spiro atoms. The van der Waals surface area contributed by atoms with Crippen molar-refractivity contribution in [3.8, 4) is 6.07 Å². The van der Waals surface area contributed by atoms with Gasteiger partial charge in [0.05, 0.1) is 22.3 Å². The lowest BCUT2D eigenvalue weighted by atomic mass is 10.1. The zero-order chi connectivity index (χ0) is 16.2. The molecular weight excluding hydrogens is 294 g/mol. The molecule has 1 aromatic rings. The number of aryl methyl sites for hydroxylation is 1. The monoisotopic (exact) mass is 311 g/mol. The highest BCUT2D eigenvalue weighted by Gasteiger charge is 2.24. The van der Waals surface area contributed by atoms with Gasteiger partial charge in [-0.25, -0.2) is 13.1 Å². The van der Waals surface area contributed by atoms with Gasteiger partial charge >= 0.3 is 0 Å². The van der Waals surface area contributed by atoms with Crippen molar-refractivity contribution < 1.29 is 13.3 Å². The molecule has 0 aliphatic heterocycles. The van der Waals surface area contributed by atoms with Gasteiger partial charge in [0.25, 0.3) is 5.69 Å². The van der Waals surface area contributed by atoms with Crippen LogP contribution in [-0.4, -0.2) is 19.4 Å². The van der Waals surface area contributed by atoms with E-state index in [2.05, 4.69) is 4.72 Å². The topological polar surface area (TPSA) is 113 Å². The molecule has 0 aliphatic carbocycles. The minimum Gasteiger partial charge on any atom is -0.258 e. The quantitative estimate of drug-likeness (QED) is 0.639. The Kier molecular flexibility index (Phi) is 5.41. The largest absolute Gasteiger partial charge is 0.271 e. The molecule has 0 amide bonds. The Morgan fingerprint density at radius 1 is 1.43 bits per heavy atom. The van der Waals surface area contributed by atoms with Gasteiger partial charge in [-0.1, -0.05) is 6.92 Å². The van der Waals surface area contributed by atoms with E-state index in [4.69, 9.17) is 5.26 Å². The van der Waals surface area contributed by atoms with Gasteiger partial charge in [0.1, 0.15) is 0 Å². The van der Waals surface area contributed by atoms with Crippen LogP contribution < -0.4 is 4.72 Å². The van der Waals surface area contributed by atoms with Crippen LogP contribution in [-0.2, 0) is 10.0 Å². The SMILES string of the molecule is CCC(CC#N)NS(=O)(=O)c1cc([N+](=O)[O-])cc(C)c1C. The molecule has 8 heteroatoms. The summed E-state index contributed by atoms with van der Waals surface area (Å²) in [5.74, 6) is 0. The molecule has 1 aromatic carbocycles. The molecule has 0 saturated heterocycles. The summed E-state index contributed by atoms with van der Waals surface area (Å²) in [5.41, 5.74) is 0.713. The lowest BCUT2D eigenvalue weighted by molar-refractivity contribution is -0.385. The van der Waals surface area contributed by atoms with E-state index in [1.165, 1.54) is 6.07 Å². The first-order valence-corrected chi connectivity index (χ1v) is 7.86. The van der Waals surface area contributed by atoms with Crippen LogP contribution in [0.2, 0.25) is 0 Å². The van der Waals surface area contributed by atoms with E-state index in [1.807, 2.05) is 6.07 Å². The number of nitro groups is 1. The van der Waals surface area contributed by atoms with Crippen LogP contribution in [0.1, 0.15) is 30.9 Å². The summed E-state index contributed by atoms with van der Waals surface area (Å²) in [4.78, 5) is 10.1. The third-order valence-corrected chi connectivity index (χ3v) is 4.90. The molecule has 0 bridgehead atoms. The molecular formula is C13H17N3O4S. The molecule has 21 heavy (non-hydrogen) atoms. The third kappa shape index (κ3) is 4.00. The number of nitrogens with one attached hydrogen (secondary N) is 1. The van der Waals surface area contributed by atoms with Crippen molar-refractivity contribution >= 4 is 15.7 Å². The van der Waals surface area contributed by atoms with Gasteiger partial charge in [-0.3, -0.25) is 10.1 Å². The van der Waals surface area contributed by atoms with Crippen LogP contribution in [0, 0.1) is 35.3 Å². The van der Waals surface area contributed by atoms with Crippen LogP contribution in [0.25, 0.3) is 0 Å². The Morgan fingerprint density at radius 2 is 2.05 bits per heavy atom. The van der Waals surface area contributed by atoms with E-state index >= 15 is 0 Å². The van der Waals surface area contributed by atoms with Gasteiger partial charge in [-0.15, -0.1) is 0 Å². The summed E-state index contributed by atoms with van der Waals surface area (Å²) >= 11 is 0. The Hall–Kier alpha value is -1.98. The van der Waals surface area contributed by atoms with Gasteiger partial charge in [0.15, 0.2) is 0 Å². The minimum atomic E-state index is -3.91. The van der Waals surface area contributed by atoms with Crippen LogP contribution in [0.3, 0.4) is 0 Å². The smallest absolute Gasteiger partial charge is 0.258 e. The highest BCUT2D eigenvalue weighted by Crippen LogP contribution is 2.25. The molecule has 0 aliphatic rings. The third-order valence-electron chi connectivity index (χ3n) is 3.26. The fourth-order valence-electron chi connectivity index (χ4n) is 1.86. The van der Waals surface area contributed by atoms with Crippen molar-refractivity contribution in [1.29, 1.82) is 5.26 Å². The Labute approximate surface area is 123 Å². The molecule has 7 nitrogen and oxygen atoms in total. The zero-order valence-corrected chi connectivity index (χ0v) is 12.9. The molecule has 0 fully saturated rings. The fraction of sp³-hybridized carbons (Fsp3) is 0.462. The Morgan fingerprint density at radius 3 is 2.52 bits per heavy atom. The van der Waals surface area contributed by atoms with E-state index < -0.39 is 21.0 Å². The van der Waals surface area contributed by atoms with Crippen molar-refractivity contribution in [3.63, 3.8) is 0 Å². The molecule has 1 rings (SSSR count). The summed E-state index contributed by atoms with van der Waals surface area (Å²) < 4.78 is 27.2. The van der Waals surface area contributed by atoms with Crippen LogP contribution in [0.5, 0.6) is 0 Å². The first kappa shape index (κ1) is 17.1. The maximum Gasteiger partial charge on any atom is 0.271 e. The number of hydrogen-bond donors (Lipinski definition) is 1. The first-order chi connectivity index (χ1) is 9.72. The molecule has 0 aromatic heterocycles. The molecule has 114 valence electrons. The van der Waals surface area contributed by atoms with E-state index in [0.717, 1.165) is 6.07 Å². The average molecular weight is 311 g/mol. The second kappa shape index (κ2) is 6.65. The zero-order valence-electron chi connectivity index (χ0n) is 12.1. The second-order valence-electron chi connectivity index (χ2n) is 4.73.